The zero-order valence-corrected chi connectivity index (χ0v) is 17.7. The molecule has 0 unspecified atom stereocenters. The fraction of sp³-hybridized carbons (Fsp3) is 0.296. The molecular weight excluding hydrogens is 368 g/mol. The van der Waals surface area contributed by atoms with E-state index < -0.39 is 0 Å². The Hall–Kier alpha value is -3.07. The Morgan fingerprint density at radius 3 is 2.43 bits per heavy atom. The van der Waals surface area contributed by atoms with Crippen LogP contribution >= 0.6 is 0 Å². The van der Waals surface area contributed by atoms with Crippen LogP contribution in [0.2, 0.25) is 0 Å². The Kier molecular flexibility index (Phi) is 6.48. The molecule has 3 heteroatoms. The van der Waals surface area contributed by atoms with Crippen molar-refractivity contribution < 1.29 is 4.79 Å². The van der Waals surface area contributed by atoms with Crippen molar-refractivity contribution >= 4 is 28.6 Å². The number of anilines is 1. The highest BCUT2D eigenvalue weighted by Gasteiger charge is 2.26. The summed E-state index contributed by atoms with van der Waals surface area (Å²) in [6, 6.07) is 24.9. The van der Waals surface area contributed by atoms with Gasteiger partial charge in [-0.15, -0.1) is 0 Å². The summed E-state index contributed by atoms with van der Waals surface area (Å²) in [5.41, 5.74) is 3.25. The number of rotatable bonds is 5. The van der Waals surface area contributed by atoms with Gasteiger partial charge in [0.1, 0.15) is 0 Å². The first-order chi connectivity index (χ1) is 14.7. The molecule has 1 saturated carbocycles. The Labute approximate surface area is 179 Å². The fourth-order valence-corrected chi connectivity index (χ4v) is 4.43. The first-order valence-corrected chi connectivity index (χ1v) is 11.0. The van der Waals surface area contributed by atoms with E-state index in [1.807, 2.05) is 42.5 Å². The Morgan fingerprint density at radius 2 is 1.63 bits per heavy atom. The first kappa shape index (κ1) is 20.2. The van der Waals surface area contributed by atoms with E-state index in [4.69, 9.17) is 0 Å². The van der Waals surface area contributed by atoms with Gasteiger partial charge in [0.15, 0.2) is 0 Å². The normalized spacial score (nSPS) is 15.2. The molecule has 154 valence electrons. The highest BCUT2D eigenvalue weighted by atomic mass is 16.2. The molecule has 0 aliphatic heterocycles. The van der Waals surface area contributed by atoms with Crippen molar-refractivity contribution in [3.05, 3.63) is 83.9 Å². The SMILES string of the molecule is C/C(=C\c1ccccc1)CN(C(=O)Nc1cccc2ccccc12)C1CCCCC1. The predicted molar refractivity (Wildman–Crippen MR) is 127 cm³/mol. The van der Waals surface area contributed by atoms with Crippen LogP contribution in [0.15, 0.2) is 78.4 Å². The predicted octanol–water partition coefficient (Wildman–Crippen LogP) is 7.11. The molecule has 0 atom stereocenters. The molecule has 0 spiro atoms. The molecular formula is C27H30N2O. The molecule has 0 radical (unpaired) electrons. The first-order valence-electron chi connectivity index (χ1n) is 11.0. The van der Waals surface area contributed by atoms with Gasteiger partial charge in [-0.25, -0.2) is 4.79 Å². The van der Waals surface area contributed by atoms with Gasteiger partial charge in [0, 0.05) is 18.0 Å². The van der Waals surface area contributed by atoms with E-state index in [0.717, 1.165) is 29.3 Å². The van der Waals surface area contributed by atoms with Crippen molar-refractivity contribution in [3.8, 4) is 0 Å². The lowest BCUT2D eigenvalue weighted by molar-refractivity contribution is 0.174. The molecule has 2 amide bonds. The van der Waals surface area contributed by atoms with E-state index in [1.165, 1.54) is 30.4 Å². The van der Waals surface area contributed by atoms with Crippen LogP contribution in [0.4, 0.5) is 10.5 Å². The molecule has 1 fully saturated rings. The number of nitrogens with zero attached hydrogens (tertiary/aromatic N) is 1. The summed E-state index contributed by atoms with van der Waals surface area (Å²) < 4.78 is 0. The van der Waals surface area contributed by atoms with Gasteiger partial charge in [-0.1, -0.05) is 97.6 Å². The monoisotopic (exact) mass is 398 g/mol. The van der Waals surface area contributed by atoms with Crippen molar-refractivity contribution in [2.24, 2.45) is 0 Å². The van der Waals surface area contributed by atoms with E-state index >= 15 is 0 Å². The van der Waals surface area contributed by atoms with Gasteiger partial charge in [-0.05, 0) is 36.8 Å². The summed E-state index contributed by atoms with van der Waals surface area (Å²) in [4.78, 5) is 15.5. The van der Waals surface area contributed by atoms with Crippen LogP contribution in [0.25, 0.3) is 16.8 Å². The lowest BCUT2D eigenvalue weighted by Crippen LogP contribution is -2.44. The van der Waals surface area contributed by atoms with Gasteiger partial charge in [0.05, 0.1) is 5.69 Å². The zero-order chi connectivity index (χ0) is 20.8. The summed E-state index contributed by atoms with van der Waals surface area (Å²) in [6.07, 6.45) is 8.02. The molecule has 1 N–H and O–H groups in total. The van der Waals surface area contributed by atoms with E-state index in [0.29, 0.717) is 12.6 Å². The van der Waals surface area contributed by atoms with E-state index in [-0.39, 0.29) is 6.03 Å². The second-order valence-electron chi connectivity index (χ2n) is 8.28. The second-order valence-corrected chi connectivity index (χ2v) is 8.28. The minimum Gasteiger partial charge on any atom is -0.318 e. The van der Waals surface area contributed by atoms with Crippen molar-refractivity contribution in [2.75, 3.05) is 11.9 Å². The number of benzene rings is 3. The Bertz CT molecular complexity index is 1010. The maximum absolute atomic E-state index is 13.4. The molecule has 0 saturated heterocycles. The largest absolute Gasteiger partial charge is 0.322 e. The number of hydrogen-bond donors (Lipinski definition) is 1. The minimum absolute atomic E-state index is 0.000866. The quantitative estimate of drug-likeness (QED) is 0.488. The maximum atomic E-state index is 13.4. The zero-order valence-electron chi connectivity index (χ0n) is 17.7. The second kappa shape index (κ2) is 9.62. The third-order valence-electron chi connectivity index (χ3n) is 5.94. The molecule has 0 bridgehead atoms. The smallest absolute Gasteiger partial charge is 0.318 e. The molecule has 30 heavy (non-hydrogen) atoms. The van der Waals surface area contributed by atoms with E-state index in [1.54, 1.807) is 0 Å². The molecule has 3 nitrogen and oxygen atoms in total. The van der Waals surface area contributed by atoms with Gasteiger partial charge < -0.3 is 10.2 Å². The van der Waals surface area contributed by atoms with Crippen LogP contribution in [0, 0.1) is 0 Å². The summed E-state index contributed by atoms with van der Waals surface area (Å²) in [5.74, 6) is 0. The van der Waals surface area contributed by atoms with E-state index in [2.05, 4.69) is 53.5 Å². The molecule has 1 aliphatic carbocycles. The van der Waals surface area contributed by atoms with Crippen LogP contribution in [-0.2, 0) is 0 Å². The number of amides is 2. The maximum Gasteiger partial charge on any atom is 0.322 e. The molecule has 3 aromatic rings. The minimum atomic E-state index is -0.000866. The standard InChI is InChI=1S/C27H30N2O/c1-21(19-22-11-4-2-5-12-22)20-29(24-15-6-3-7-16-24)27(30)28-26-18-10-14-23-13-8-9-17-25(23)26/h2,4-5,8-14,17-19,24H,3,6-7,15-16,20H2,1H3,(H,28,30)/b21-19+. The average Bonchev–Trinajstić information content (AvgIpc) is 2.79. The van der Waals surface area contributed by atoms with Crippen LogP contribution in [0.5, 0.6) is 0 Å². The number of urea groups is 1. The van der Waals surface area contributed by atoms with Crippen molar-refractivity contribution in [2.45, 2.75) is 45.1 Å². The Balaban J connectivity index is 1.57. The Morgan fingerprint density at radius 1 is 0.933 bits per heavy atom. The van der Waals surface area contributed by atoms with Crippen LogP contribution < -0.4 is 5.32 Å². The molecule has 0 aromatic heterocycles. The third kappa shape index (κ3) is 4.91. The van der Waals surface area contributed by atoms with Crippen LogP contribution in [0.3, 0.4) is 0 Å². The van der Waals surface area contributed by atoms with Gasteiger partial charge in [-0.3, -0.25) is 0 Å². The van der Waals surface area contributed by atoms with E-state index in [9.17, 15) is 4.79 Å². The van der Waals surface area contributed by atoms with Crippen LogP contribution in [0.1, 0.15) is 44.6 Å². The molecule has 1 aliphatic rings. The van der Waals surface area contributed by atoms with Crippen molar-refractivity contribution in [3.63, 3.8) is 0 Å². The summed E-state index contributed by atoms with van der Waals surface area (Å²) in [7, 11) is 0. The number of fused-ring (bicyclic) bond motifs is 1. The number of nitrogens with one attached hydrogen (secondary N) is 1. The van der Waals surface area contributed by atoms with Gasteiger partial charge in [-0.2, -0.15) is 0 Å². The average molecular weight is 399 g/mol. The summed E-state index contributed by atoms with van der Waals surface area (Å²) in [6.45, 7) is 2.77. The lowest BCUT2D eigenvalue weighted by atomic mass is 9.94. The molecule has 0 heterocycles. The lowest BCUT2D eigenvalue weighted by Gasteiger charge is -2.35. The highest BCUT2D eigenvalue weighted by molar-refractivity contribution is 6.01. The van der Waals surface area contributed by atoms with Crippen molar-refractivity contribution in [1.82, 2.24) is 4.90 Å². The molecule has 3 aromatic carbocycles. The molecule has 4 rings (SSSR count). The summed E-state index contributed by atoms with van der Waals surface area (Å²) >= 11 is 0. The van der Waals surface area contributed by atoms with Gasteiger partial charge in [0.2, 0.25) is 0 Å². The summed E-state index contributed by atoms with van der Waals surface area (Å²) in [5, 5.41) is 5.43. The number of carbonyl (C=O) groups excluding carboxylic acids is 1. The number of hydrogen-bond acceptors (Lipinski definition) is 1. The number of carbonyl (C=O) groups is 1. The van der Waals surface area contributed by atoms with Crippen LogP contribution in [-0.4, -0.2) is 23.5 Å². The highest BCUT2D eigenvalue weighted by Crippen LogP contribution is 2.27. The topological polar surface area (TPSA) is 32.3 Å². The fourth-order valence-electron chi connectivity index (χ4n) is 4.43. The van der Waals surface area contributed by atoms with Crippen molar-refractivity contribution in [1.29, 1.82) is 0 Å². The van der Waals surface area contributed by atoms with Gasteiger partial charge in [0.25, 0.3) is 0 Å². The third-order valence-corrected chi connectivity index (χ3v) is 5.94. The van der Waals surface area contributed by atoms with Gasteiger partial charge >= 0.3 is 6.03 Å².